The molecule has 3 rings (SSSR count). The molecule has 0 radical (unpaired) electrons. The molecule has 1 aliphatic rings. The van der Waals surface area contributed by atoms with Gasteiger partial charge < -0.3 is 15.3 Å². The van der Waals surface area contributed by atoms with Gasteiger partial charge in [-0.05, 0) is 40.8 Å². The number of β-amino-alcohol motifs (C(OH)–C–C–N with tert-alkyl or cyclic N) is 1. The molecular weight excluding hydrogens is 508 g/mol. The zero-order valence-corrected chi connectivity index (χ0v) is 18.8. The van der Waals surface area contributed by atoms with Gasteiger partial charge in [0.1, 0.15) is 17.2 Å². The van der Waals surface area contributed by atoms with Crippen molar-refractivity contribution in [1.29, 1.82) is 0 Å². The van der Waals surface area contributed by atoms with Crippen molar-refractivity contribution in [3.8, 4) is 0 Å². The van der Waals surface area contributed by atoms with Crippen LogP contribution < -0.4 is 16.6 Å². The normalized spacial score (nSPS) is 14.8. The van der Waals surface area contributed by atoms with Crippen molar-refractivity contribution in [1.82, 2.24) is 18.9 Å². The van der Waals surface area contributed by atoms with Crippen LogP contribution in [0.25, 0.3) is 0 Å². The first-order valence-electron chi connectivity index (χ1n) is 9.39. The van der Waals surface area contributed by atoms with E-state index in [9.17, 15) is 18.8 Å². The molecule has 1 aromatic carbocycles. The average molecular weight is 531 g/mol. The number of carbonyl (C=O) groups excluding carboxylic acids is 1. The maximum absolute atomic E-state index is 14.4. The zero-order valence-electron chi connectivity index (χ0n) is 16.7. The van der Waals surface area contributed by atoms with Crippen molar-refractivity contribution >= 4 is 40.0 Å². The third-order valence-electron chi connectivity index (χ3n) is 5.14. The van der Waals surface area contributed by atoms with Gasteiger partial charge in [-0.1, -0.05) is 0 Å². The van der Waals surface area contributed by atoms with Crippen LogP contribution in [-0.4, -0.2) is 69.3 Å². The van der Waals surface area contributed by atoms with Crippen LogP contribution in [0.15, 0.2) is 27.8 Å². The van der Waals surface area contributed by atoms with Gasteiger partial charge >= 0.3 is 5.69 Å². The van der Waals surface area contributed by atoms with E-state index in [2.05, 4.69) is 5.32 Å². The minimum Gasteiger partial charge on any atom is -0.395 e. The molecule has 162 valence electrons. The predicted octanol–water partition coefficient (Wildman–Crippen LogP) is 0.321. The first-order chi connectivity index (χ1) is 14.2. The van der Waals surface area contributed by atoms with E-state index in [1.165, 1.54) is 31.1 Å². The first kappa shape index (κ1) is 22.4. The fourth-order valence-corrected chi connectivity index (χ4v) is 3.83. The number of carbonyl (C=O) groups is 1. The van der Waals surface area contributed by atoms with E-state index in [0.29, 0.717) is 36.3 Å². The summed E-state index contributed by atoms with van der Waals surface area (Å²) in [5.41, 5.74) is -1.53. The Hall–Kier alpha value is -2.25. The lowest BCUT2D eigenvalue weighted by atomic mass is 10.2. The largest absolute Gasteiger partial charge is 0.395 e. The summed E-state index contributed by atoms with van der Waals surface area (Å²) in [6.45, 7) is 2.43. The third kappa shape index (κ3) is 4.42. The Labute approximate surface area is 185 Å². The molecule has 1 amide bonds. The molecule has 2 aromatic rings. The van der Waals surface area contributed by atoms with E-state index in [0.717, 1.165) is 9.13 Å². The molecule has 30 heavy (non-hydrogen) atoms. The summed E-state index contributed by atoms with van der Waals surface area (Å²) in [5, 5.41) is 11.8. The number of anilines is 2. The number of aromatic nitrogens is 2. The molecule has 0 atom stereocenters. The smallest absolute Gasteiger partial charge is 0.332 e. The SMILES string of the molecule is Cn1c(Nc2ccc(I)cc2F)c(C(=O)N2CCN(CCO)CC2)c(=O)n(C)c1=O. The van der Waals surface area contributed by atoms with Crippen LogP contribution in [0.3, 0.4) is 0 Å². The second kappa shape index (κ2) is 9.27. The van der Waals surface area contributed by atoms with Gasteiger partial charge in [0.2, 0.25) is 0 Å². The van der Waals surface area contributed by atoms with E-state index < -0.39 is 23.0 Å². The Morgan fingerprint density at radius 1 is 1.17 bits per heavy atom. The van der Waals surface area contributed by atoms with Crippen molar-refractivity contribution < 1.29 is 14.3 Å². The van der Waals surface area contributed by atoms with Crippen molar-refractivity contribution in [2.24, 2.45) is 14.1 Å². The molecule has 1 aromatic heterocycles. The summed E-state index contributed by atoms with van der Waals surface area (Å²) in [4.78, 5) is 42.1. The van der Waals surface area contributed by atoms with E-state index in [4.69, 9.17) is 5.11 Å². The molecule has 2 N–H and O–H groups in total. The average Bonchev–Trinajstić information content (AvgIpc) is 2.72. The molecule has 1 saturated heterocycles. The van der Waals surface area contributed by atoms with E-state index >= 15 is 0 Å². The number of nitrogens with one attached hydrogen (secondary N) is 1. The molecule has 9 nitrogen and oxygen atoms in total. The maximum atomic E-state index is 14.4. The van der Waals surface area contributed by atoms with Gasteiger partial charge in [-0.3, -0.25) is 23.6 Å². The van der Waals surface area contributed by atoms with Gasteiger partial charge in [0.15, 0.2) is 0 Å². The standard InChI is InChI=1S/C19H23FIN5O4/c1-23-16(22-14-4-3-12(21)11-13(14)20)15(17(28)24(2)19(23)30)18(29)26-7-5-25(6-8-26)9-10-27/h3-4,11,22,27H,5-10H2,1-2H3. The van der Waals surface area contributed by atoms with Crippen molar-refractivity contribution in [2.45, 2.75) is 0 Å². The summed E-state index contributed by atoms with van der Waals surface area (Å²) >= 11 is 1.97. The number of rotatable bonds is 5. The molecule has 1 aliphatic heterocycles. The van der Waals surface area contributed by atoms with Crippen LogP contribution in [0.5, 0.6) is 0 Å². The number of aliphatic hydroxyl groups excluding tert-OH is 1. The minimum atomic E-state index is -0.741. The number of benzene rings is 1. The van der Waals surface area contributed by atoms with Crippen molar-refractivity contribution in [2.75, 3.05) is 44.6 Å². The molecule has 1 fully saturated rings. The Morgan fingerprint density at radius 2 is 1.83 bits per heavy atom. The molecular formula is C19H23FIN5O4. The van der Waals surface area contributed by atoms with Gasteiger partial charge in [-0.15, -0.1) is 0 Å². The highest BCUT2D eigenvalue weighted by Crippen LogP contribution is 2.23. The van der Waals surface area contributed by atoms with E-state index in [-0.39, 0.29) is 23.7 Å². The first-order valence-corrected chi connectivity index (χ1v) is 10.5. The second-order valence-corrected chi connectivity index (χ2v) is 8.28. The van der Waals surface area contributed by atoms with Gasteiger partial charge in [0, 0.05) is 50.4 Å². The predicted molar refractivity (Wildman–Crippen MR) is 119 cm³/mol. The summed E-state index contributed by atoms with van der Waals surface area (Å²) in [6.07, 6.45) is 0. The van der Waals surface area contributed by atoms with Gasteiger partial charge in [0.05, 0.1) is 12.3 Å². The summed E-state index contributed by atoms with van der Waals surface area (Å²) in [6, 6.07) is 4.47. The highest BCUT2D eigenvalue weighted by atomic mass is 127. The van der Waals surface area contributed by atoms with Crippen LogP contribution in [0.4, 0.5) is 15.9 Å². The van der Waals surface area contributed by atoms with E-state index in [1.54, 1.807) is 6.07 Å². The quantitative estimate of drug-likeness (QED) is 0.540. The van der Waals surface area contributed by atoms with Crippen LogP contribution in [-0.2, 0) is 14.1 Å². The maximum Gasteiger partial charge on any atom is 0.332 e. The van der Waals surface area contributed by atoms with Crippen molar-refractivity contribution in [3.63, 3.8) is 0 Å². The Balaban J connectivity index is 2.02. The Kier molecular flexibility index (Phi) is 6.93. The second-order valence-electron chi connectivity index (χ2n) is 7.04. The third-order valence-corrected chi connectivity index (χ3v) is 5.81. The lowest BCUT2D eigenvalue weighted by Gasteiger charge is -2.34. The van der Waals surface area contributed by atoms with Crippen LogP contribution in [0, 0.1) is 9.39 Å². The number of nitrogens with zero attached hydrogens (tertiary/aromatic N) is 4. The van der Waals surface area contributed by atoms with Gasteiger partial charge in [-0.2, -0.15) is 0 Å². The fraction of sp³-hybridized carbons (Fsp3) is 0.421. The van der Waals surface area contributed by atoms with Crippen LogP contribution in [0.1, 0.15) is 10.4 Å². The molecule has 0 bridgehead atoms. The Bertz CT molecular complexity index is 1080. The van der Waals surface area contributed by atoms with Crippen LogP contribution in [0.2, 0.25) is 0 Å². The minimum absolute atomic E-state index is 0.0327. The fourth-order valence-electron chi connectivity index (χ4n) is 3.38. The zero-order chi connectivity index (χ0) is 22.0. The Morgan fingerprint density at radius 3 is 2.43 bits per heavy atom. The summed E-state index contributed by atoms with van der Waals surface area (Å²) in [5.74, 6) is -1.14. The van der Waals surface area contributed by atoms with Gasteiger partial charge in [0.25, 0.3) is 11.5 Å². The highest BCUT2D eigenvalue weighted by molar-refractivity contribution is 14.1. The number of hydrogen-bond acceptors (Lipinski definition) is 6. The number of piperazine rings is 1. The van der Waals surface area contributed by atoms with Gasteiger partial charge in [-0.25, -0.2) is 9.18 Å². The molecule has 0 aliphatic carbocycles. The lowest BCUT2D eigenvalue weighted by Crippen LogP contribution is -2.51. The van der Waals surface area contributed by atoms with E-state index in [1.807, 2.05) is 27.5 Å². The summed E-state index contributed by atoms with van der Waals surface area (Å²) in [7, 11) is 2.72. The summed E-state index contributed by atoms with van der Waals surface area (Å²) < 4.78 is 17.1. The topological polar surface area (TPSA) is 99.8 Å². The number of halogens is 2. The highest BCUT2D eigenvalue weighted by Gasteiger charge is 2.29. The number of hydrogen-bond donors (Lipinski definition) is 2. The molecule has 11 heteroatoms. The molecule has 2 heterocycles. The number of aliphatic hydroxyl groups is 1. The van der Waals surface area contributed by atoms with Crippen LogP contribution >= 0.6 is 22.6 Å². The lowest BCUT2D eigenvalue weighted by molar-refractivity contribution is 0.0612. The van der Waals surface area contributed by atoms with Crippen molar-refractivity contribution in [3.05, 3.63) is 54.0 Å². The number of amides is 1. The monoisotopic (exact) mass is 531 g/mol. The molecule has 0 saturated carbocycles. The molecule has 0 unspecified atom stereocenters. The molecule has 0 spiro atoms.